The smallest absolute Gasteiger partial charge is 0.0683 e. The van der Waals surface area contributed by atoms with Crippen LogP contribution in [-0.2, 0) is 5.41 Å². The molecule has 0 atom stereocenters. The molecule has 0 fully saturated rings. The number of benzene rings is 4. The van der Waals surface area contributed by atoms with E-state index in [4.69, 9.17) is 0 Å². The van der Waals surface area contributed by atoms with E-state index in [2.05, 4.69) is 112 Å². The maximum absolute atomic E-state index is 2.40. The van der Waals surface area contributed by atoms with E-state index < -0.39 is 0 Å². The van der Waals surface area contributed by atoms with Crippen LogP contribution in [0.2, 0.25) is 0 Å². The van der Waals surface area contributed by atoms with Gasteiger partial charge in [0, 0.05) is 0 Å². The van der Waals surface area contributed by atoms with Gasteiger partial charge in [-0.3, -0.25) is 0 Å². The molecular weight excluding hydrogens is 408 g/mol. The van der Waals surface area contributed by atoms with Crippen molar-refractivity contribution in [1.29, 1.82) is 0 Å². The van der Waals surface area contributed by atoms with Gasteiger partial charge >= 0.3 is 0 Å². The number of rotatable bonds is 2. The molecule has 0 aliphatic heterocycles. The van der Waals surface area contributed by atoms with E-state index in [9.17, 15) is 0 Å². The Labute approximate surface area is 208 Å². The summed E-state index contributed by atoms with van der Waals surface area (Å²) in [6, 6.07) is 33.6. The molecule has 0 heterocycles. The van der Waals surface area contributed by atoms with Crippen molar-refractivity contribution in [3.05, 3.63) is 130 Å². The number of fused-ring (bicyclic) bond motifs is 3. The Morgan fingerprint density at radius 3 is 1.26 bits per heavy atom. The van der Waals surface area contributed by atoms with Crippen LogP contribution in [0, 0.1) is 20.8 Å². The van der Waals surface area contributed by atoms with Gasteiger partial charge in [-0.05, 0) is 70.8 Å². The summed E-state index contributed by atoms with van der Waals surface area (Å²) < 4.78 is 0. The lowest BCUT2D eigenvalue weighted by Crippen LogP contribution is -2.29. The van der Waals surface area contributed by atoms with Crippen molar-refractivity contribution in [2.24, 2.45) is 0 Å². The quantitative estimate of drug-likeness (QED) is 0.251. The molecule has 0 amide bonds. The van der Waals surface area contributed by atoms with Crippen LogP contribution in [0.15, 0.2) is 91.0 Å². The zero-order valence-electron chi connectivity index (χ0n) is 22.7. The van der Waals surface area contributed by atoms with E-state index in [0.717, 1.165) is 0 Å². The van der Waals surface area contributed by atoms with Gasteiger partial charge in [-0.1, -0.05) is 133 Å². The molecule has 4 aromatic rings. The molecule has 0 bridgehead atoms. The van der Waals surface area contributed by atoms with Crippen LogP contribution >= 0.6 is 0 Å². The second-order valence-electron chi connectivity index (χ2n) is 7.94. The molecule has 0 spiro atoms. The van der Waals surface area contributed by atoms with Gasteiger partial charge in [0.25, 0.3) is 0 Å². The van der Waals surface area contributed by atoms with E-state index in [1.165, 1.54) is 50.1 Å². The summed E-state index contributed by atoms with van der Waals surface area (Å²) in [6.07, 6.45) is 0. The molecule has 4 aromatic carbocycles. The summed E-state index contributed by atoms with van der Waals surface area (Å²) in [4.78, 5) is 0. The molecule has 1 aliphatic rings. The minimum atomic E-state index is -0.280. The normalized spacial score (nSPS) is 11.9. The maximum Gasteiger partial charge on any atom is 0.0713 e. The van der Waals surface area contributed by atoms with Gasteiger partial charge in [0.2, 0.25) is 0 Å². The minimum absolute atomic E-state index is 0.280. The van der Waals surface area contributed by atoms with Crippen molar-refractivity contribution >= 4 is 0 Å². The van der Waals surface area contributed by atoms with Gasteiger partial charge in [0.05, 0.1) is 5.41 Å². The summed E-state index contributed by atoms with van der Waals surface area (Å²) in [6.45, 7) is 18.7. The predicted octanol–water partition coefficient (Wildman–Crippen LogP) is 10.1. The molecule has 1 aliphatic carbocycles. The third-order valence-corrected chi connectivity index (χ3v) is 6.52. The SMILES string of the molecule is CC.CC.CC.Cc1cc(C2(c3ccccc3)c3ccccc3-c3ccccc32)cc(C)c1C. The van der Waals surface area contributed by atoms with E-state index in [-0.39, 0.29) is 5.41 Å². The molecule has 0 radical (unpaired) electrons. The Bertz CT molecular complexity index is 1110. The van der Waals surface area contributed by atoms with Crippen LogP contribution in [0.4, 0.5) is 0 Å². The highest BCUT2D eigenvalue weighted by molar-refractivity contribution is 5.86. The first-order chi connectivity index (χ1) is 16.6. The van der Waals surface area contributed by atoms with E-state index in [1.54, 1.807) is 0 Å². The van der Waals surface area contributed by atoms with Gasteiger partial charge < -0.3 is 0 Å². The first-order valence-electron chi connectivity index (χ1n) is 13.0. The van der Waals surface area contributed by atoms with Crippen molar-refractivity contribution in [2.45, 2.75) is 67.7 Å². The second kappa shape index (κ2) is 12.4. The summed E-state index contributed by atoms with van der Waals surface area (Å²) in [5.74, 6) is 0. The topological polar surface area (TPSA) is 0 Å². The van der Waals surface area contributed by atoms with Crippen molar-refractivity contribution in [3.63, 3.8) is 0 Å². The van der Waals surface area contributed by atoms with Crippen molar-refractivity contribution in [2.75, 3.05) is 0 Å². The Morgan fingerprint density at radius 1 is 0.441 bits per heavy atom. The zero-order valence-corrected chi connectivity index (χ0v) is 22.7. The third kappa shape index (κ3) is 4.47. The van der Waals surface area contributed by atoms with Gasteiger partial charge in [0.1, 0.15) is 0 Å². The fourth-order valence-electron chi connectivity index (χ4n) is 4.96. The molecule has 34 heavy (non-hydrogen) atoms. The molecular formula is C34H42. The molecule has 0 saturated carbocycles. The highest BCUT2D eigenvalue weighted by Gasteiger charge is 2.45. The van der Waals surface area contributed by atoms with E-state index >= 15 is 0 Å². The van der Waals surface area contributed by atoms with Crippen molar-refractivity contribution in [1.82, 2.24) is 0 Å². The number of hydrogen-bond donors (Lipinski definition) is 0. The third-order valence-electron chi connectivity index (χ3n) is 6.52. The molecule has 178 valence electrons. The lowest BCUT2D eigenvalue weighted by molar-refractivity contribution is 0.765. The molecule has 5 rings (SSSR count). The summed E-state index contributed by atoms with van der Waals surface area (Å²) in [5, 5.41) is 0. The molecule has 0 heteroatoms. The molecule has 0 unspecified atom stereocenters. The minimum Gasteiger partial charge on any atom is -0.0683 e. The molecule has 0 saturated heterocycles. The lowest BCUT2D eigenvalue weighted by Gasteiger charge is -2.34. The summed E-state index contributed by atoms with van der Waals surface area (Å²) >= 11 is 0. The van der Waals surface area contributed by atoms with Crippen LogP contribution < -0.4 is 0 Å². The fourth-order valence-corrected chi connectivity index (χ4v) is 4.96. The monoisotopic (exact) mass is 450 g/mol. The largest absolute Gasteiger partial charge is 0.0713 e. The van der Waals surface area contributed by atoms with Gasteiger partial charge in [0.15, 0.2) is 0 Å². The van der Waals surface area contributed by atoms with E-state index in [0.29, 0.717) is 0 Å². The summed E-state index contributed by atoms with van der Waals surface area (Å²) in [5.41, 5.74) is 11.9. The number of aryl methyl sites for hydroxylation is 2. The second-order valence-corrected chi connectivity index (χ2v) is 7.94. The summed E-state index contributed by atoms with van der Waals surface area (Å²) in [7, 11) is 0. The van der Waals surface area contributed by atoms with E-state index in [1.807, 2.05) is 41.5 Å². The van der Waals surface area contributed by atoms with Gasteiger partial charge in [-0.25, -0.2) is 0 Å². The van der Waals surface area contributed by atoms with Crippen LogP contribution in [-0.4, -0.2) is 0 Å². The predicted molar refractivity (Wildman–Crippen MR) is 152 cm³/mol. The lowest BCUT2D eigenvalue weighted by atomic mass is 9.67. The highest BCUT2D eigenvalue weighted by atomic mass is 14.5. The van der Waals surface area contributed by atoms with Crippen LogP contribution in [0.1, 0.15) is 80.5 Å². The number of hydrogen-bond acceptors (Lipinski definition) is 0. The Morgan fingerprint density at radius 2 is 0.824 bits per heavy atom. The molecule has 0 nitrogen and oxygen atoms in total. The Hall–Kier alpha value is -3.12. The standard InChI is InChI=1S/C28H24.3C2H6/c1-19-17-23(18-20(2)21(19)3)28(22-11-5-4-6-12-22)26-15-9-7-13-24(26)25-14-8-10-16-27(25)28;3*1-2/h4-18H,1-3H3;3*1-2H3. The van der Waals surface area contributed by atoms with Gasteiger partial charge in [-0.2, -0.15) is 0 Å². The van der Waals surface area contributed by atoms with Crippen molar-refractivity contribution < 1.29 is 0 Å². The molecule has 0 N–H and O–H groups in total. The van der Waals surface area contributed by atoms with Gasteiger partial charge in [-0.15, -0.1) is 0 Å². The van der Waals surface area contributed by atoms with Crippen molar-refractivity contribution in [3.8, 4) is 11.1 Å². The Balaban J connectivity index is 0.000000633. The molecule has 0 aromatic heterocycles. The Kier molecular flexibility index (Phi) is 9.87. The fraction of sp³-hybridized carbons (Fsp3) is 0.294. The van der Waals surface area contributed by atoms with Crippen LogP contribution in [0.25, 0.3) is 11.1 Å². The first kappa shape index (κ1) is 27.1. The highest BCUT2D eigenvalue weighted by Crippen LogP contribution is 2.56. The van der Waals surface area contributed by atoms with Crippen LogP contribution in [0.3, 0.4) is 0 Å². The van der Waals surface area contributed by atoms with Crippen LogP contribution in [0.5, 0.6) is 0 Å². The average Bonchev–Trinajstić information content (AvgIpc) is 3.22. The first-order valence-corrected chi connectivity index (χ1v) is 13.0. The zero-order chi connectivity index (χ0) is 25.3. The maximum atomic E-state index is 2.40. The average molecular weight is 451 g/mol.